The van der Waals surface area contributed by atoms with Crippen molar-refractivity contribution in [2.75, 3.05) is 6.54 Å². The SMILES string of the molecule is CCCCCCCCCCCCCCCCCCn1c(CCCNC(=O)Cc2ccccc2C)nc2ccccc21. The summed E-state index contributed by atoms with van der Waals surface area (Å²) in [5.74, 6) is 1.25. The molecule has 3 rings (SSSR count). The Labute approximate surface area is 250 Å². The van der Waals surface area contributed by atoms with Crippen LogP contribution in [0.3, 0.4) is 0 Å². The lowest BCUT2D eigenvalue weighted by Gasteiger charge is -2.10. The maximum Gasteiger partial charge on any atom is 0.224 e. The first-order valence-corrected chi connectivity index (χ1v) is 16.9. The van der Waals surface area contributed by atoms with Gasteiger partial charge < -0.3 is 9.88 Å². The number of aryl methyl sites for hydroxylation is 3. The molecule has 4 heteroatoms. The highest BCUT2D eigenvalue weighted by Gasteiger charge is 2.11. The molecule has 0 aliphatic carbocycles. The maximum atomic E-state index is 12.4. The Morgan fingerprint density at radius 1 is 0.707 bits per heavy atom. The van der Waals surface area contributed by atoms with E-state index < -0.39 is 0 Å². The zero-order valence-electron chi connectivity index (χ0n) is 26.3. The number of carbonyl (C=O) groups is 1. The fourth-order valence-corrected chi connectivity index (χ4v) is 5.90. The molecule has 0 saturated heterocycles. The normalized spacial score (nSPS) is 11.4. The van der Waals surface area contributed by atoms with E-state index in [4.69, 9.17) is 4.98 Å². The van der Waals surface area contributed by atoms with E-state index >= 15 is 0 Å². The first-order valence-electron chi connectivity index (χ1n) is 16.9. The lowest BCUT2D eigenvalue weighted by Crippen LogP contribution is -2.26. The Kier molecular flexibility index (Phi) is 16.3. The van der Waals surface area contributed by atoms with Crippen LogP contribution in [-0.4, -0.2) is 22.0 Å². The number of hydrogen-bond acceptors (Lipinski definition) is 2. The predicted molar refractivity (Wildman–Crippen MR) is 175 cm³/mol. The first-order chi connectivity index (χ1) is 20.2. The zero-order chi connectivity index (χ0) is 29.0. The average molecular weight is 560 g/mol. The Hall–Kier alpha value is -2.62. The van der Waals surface area contributed by atoms with Crippen molar-refractivity contribution < 1.29 is 4.79 Å². The first kappa shape index (κ1) is 32.9. The quantitative estimate of drug-likeness (QED) is 0.118. The lowest BCUT2D eigenvalue weighted by atomic mass is 10.0. The molecular weight excluding hydrogens is 502 g/mol. The standard InChI is InChI=1S/C37H57N3O/c1-3-4-5-6-7-8-9-10-11-12-13-14-15-16-17-22-30-40-35-27-21-20-26-34(35)39-36(40)28-23-29-38-37(41)31-33-25-19-18-24-32(33)2/h18-21,24-27H,3-17,22-23,28-31H2,1-2H3,(H,38,41). The third-order valence-corrected chi connectivity index (χ3v) is 8.48. The van der Waals surface area contributed by atoms with E-state index in [2.05, 4.69) is 54.1 Å². The van der Waals surface area contributed by atoms with Crippen molar-refractivity contribution in [1.82, 2.24) is 14.9 Å². The molecular formula is C37H57N3O. The number of unbranched alkanes of at least 4 members (excludes halogenated alkanes) is 15. The van der Waals surface area contributed by atoms with Crippen LogP contribution in [0, 0.1) is 6.92 Å². The molecule has 0 atom stereocenters. The van der Waals surface area contributed by atoms with Crippen molar-refractivity contribution in [3.63, 3.8) is 0 Å². The molecule has 1 amide bonds. The zero-order valence-corrected chi connectivity index (χ0v) is 26.3. The third kappa shape index (κ3) is 12.8. The highest BCUT2D eigenvalue weighted by Crippen LogP contribution is 2.19. The smallest absolute Gasteiger partial charge is 0.224 e. The Morgan fingerprint density at radius 2 is 1.27 bits per heavy atom. The number of amides is 1. The maximum absolute atomic E-state index is 12.4. The minimum Gasteiger partial charge on any atom is -0.356 e. The van der Waals surface area contributed by atoms with Gasteiger partial charge in [0, 0.05) is 19.5 Å². The van der Waals surface area contributed by atoms with Crippen LogP contribution in [0.4, 0.5) is 0 Å². The molecule has 226 valence electrons. The molecule has 0 radical (unpaired) electrons. The van der Waals surface area contributed by atoms with Gasteiger partial charge in [0.05, 0.1) is 17.5 Å². The third-order valence-electron chi connectivity index (χ3n) is 8.48. The number of fused-ring (bicyclic) bond motifs is 1. The number of imidazole rings is 1. The van der Waals surface area contributed by atoms with Crippen molar-refractivity contribution >= 4 is 16.9 Å². The number of nitrogens with zero attached hydrogens (tertiary/aromatic N) is 2. The molecule has 0 aliphatic rings. The number of para-hydroxylation sites is 2. The summed E-state index contributed by atoms with van der Waals surface area (Å²) in [6.45, 7) is 6.08. The number of hydrogen-bond donors (Lipinski definition) is 1. The summed E-state index contributed by atoms with van der Waals surface area (Å²) in [6, 6.07) is 16.6. The van der Waals surface area contributed by atoms with E-state index in [-0.39, 0.29) is 5.91 Å². The molecule has 1 N–H and O–H groups in total. The summed E-state index contributed by atoms with van der Waals surface area (Å²) < 4.78 is 2.42. The topological polar surface area (TPSA) is 46.9 Å². The van der Waals surface area contributed by atoms with Crippen LogP contribution in [0.1, 0.15) is 133 Å². The van der Waals surface area contributed by atoms with E-state index in [0.717, 1.165) is 36.3 Å². The molecule has 0 fully saturated rings. The van der Waals surface area contributed by atoms with Gasteiger partial charge in [0.25, 0.3) is 0 Å². The van der Waals surface area contributed by atoms with Gasteiger partial charge in [-0.2, -0.15) is 0 Å². The summed E-state index contributed by atoms with van der Waals surface area (Å²) in [5, 5.41) is 3.11. The van der Waals surface area contributed by atoms with Crippen molar-refractivity contribution in [2.24, 2.45) is 0 Å². The molecule has 0 spiro atoms. The number of aromatic nitrogens is 2. The second-order valence-corrected chi connectivity index (χ2v) is 12.0. The van der Waals surface area contributed by atoms with E-state index in [0.29, 0.717) is 13.0 Å². The lowest BCUT2D eigenvalue weighted by molar-refractivity contribution is -0.120. The fraction of sp³-hybridized carbons (Fsp3) is 0.622. The van der Waals surface area contributed by atoms with Crippen LogP contribution >= 0.6 is 0 Å². The van der Waals surface area contributed by atoms with Gasteiger partial charge in [0.15, 0.2) is 0 Å². The van der Waals surface area contributed by atoms with E-state index in [1.165, 1.54) is 114 Å². The summed E-state index contributed by atoms with van der Waals surface area (Å²) in [7, 11) is 0. The van der Waals surface area contributed by atoms with Crippen LogP contribution in [0.2, 0.25) is 0 Å². The Balaban J connectivity index is 1.27. The summed E-state index contributed by atoms with van der Waals surface area (Å²) >= 11 is 0. The number of benzene rings is 2. The van der Waals surface area contributed by atoms with E-state index in [1.54, 1.807) is 0 Å². The molecule has 0 unspecified atom stereocenters. The van der Waals surface area contributed by atoms with Crippen molar-refractivity contribution in [2.45, 2.75) is 142 Å². The predicted octanol–water partition coefficient (Wildman–Crippen LogP) is 9.90. The van der Waals surface area contributed by atoms with Crippen molar-refractivity contribution in [3.8, 4) is 0 Å². The second kappa shape index (κ2) is 20.3. The summed E-state index contributed by atoms with van der Waals surface area (Å²) in [4.78, 5) is 17.4. The molecule has 41 heavy (non-hydrogen) atoms. The van der Waals surface area contributed by atoms with Crippen LogP contribution in [-0.2, 0) is 24.2 Å². The summed E-state index contributed by atoms with van der Waals surface area (Å²) in [6.07, 6.45) is 24.5. The van der Waals surface area contributed by atoms with Crippen molar-refractivity contribution in [3.05, 3.63) is 65.5 Å². The van der Waals surface area contributed by atoms with Gasteiger partial charge in [-0.05, 0) is 43.0 Å². The number of nitrogens with one attached hydrogen (secondary N) is 1. The monoisotopic (exact) mass is 559 g/mol. The van der Waals surface area contributed by atoms with Crippen LogP contribution in [0.5, 0.6) is 0 Å². The van der Waals surface area contributed by atoms with Gasteiger partial charge >= 0.3 is 0 Å². The van der Waals surface area contributed by atoms with Gasteiger partial charge in [-0.1, -0.05) is 140 Å². The molecule has 0 saturated carbocycles. The van der Waals surface area contributed by atoms with E-state index in [9.17, 15) is 4.79 Å². The van der Waals surface area contributed by atoms with Crippen molar-refractivity contribution in [1.29, 1.82) is 0 Å². The molecule has 1 aromatic heterocycles. The van der Waals surface area contributed by atoms with Crippen LogP contribution in [0.15, 0.2) is 48.5 Å². The highest BCUT2D eigenvalue weighted by atomic mass is 16.1. The summed E-state index contributed by atoms with van der Waals surface area (Å²) in [5.41, 5.74) is 4.60. The second-order valence-electron chi connectivity index (χ2n) is 12.0. The number of carbonyl (C=O) groups excluding carboxylic acids is 1. The highest BCUT2D eigenvalue weighted by molar-refractivity contribution is 5.79. The van der Waals surface area contributed by atoms with Gasteiger partial charge in [-0.25, -0.2) is 4.98 Å². The van der Waals surface area contributed by atoms with Gasteiger partial charge in [-0.15, -0.1) is 0 Å². The molecule has 3 aromatic rings. The molecule has 1 heterocycles. The number of rotatable bonds is 23. The fourth-order valence-electron chi connectivity index (χ4n) is 5.90. The van der Waals surface area contributed by atoms with Crippen LogP contribution in [0.25, 0.3) is 11.0 Å². The molecule has 4 nitrogen and oxygen atoms in total. The van der Waals surface area contributed by atoms with Crippen LogP contribution < -0.4 is 5.32 Å². The van der Waals surface area contributed by atoms with Gasteiger partial charge in [0.2, 0.25) is 5.91 Å². The van der Waals surface area contributed by atoms with Gasteiger partial charge in [0.1, 0.15) is 5.82 Å². The Morgan fingerprint density at radius 3 is 1.90 bits per heavy atom. The molecule has 0 aliphatic heterocycles. The minimum atomic E-state index is 0.0981. The molecule has 0 bridgehead atoms. The largest absolute Gasteiger partial charge is 0.356 e. The Bertz CT molecular complexity index is 1120. The van der Waals surface area contributed by atoms with Gasteiger partial charge in [-0.3, -0.25) is 4.79 Å². The van der Waals surface area contributed by atoms with E-state index in [1.807, 2.05) is 18.2 Å². The molecule has 2 aromatic carbocycles. The minimum absolute atomic E-state index is 0.0981. The average Bonchev–Trinajstić information content (AvgIpc) is 3.33.